The SMILES string of the molecule is CCOC(=O)c1ccc(-n2cccn2)cc1N. The van der Waals surface area contributed by atoms with Crippen LogP contribution >= 0.6 is 0 Å². The van der Waals surface area contributed by atoms with Gasteiger partial charge in [-0.1, -0.05) is 0 Å². The van der Waals surface area contributed by atoms with E-state index in [9.17, 15) is 4.79 Å². The molecular formula is C12H13N3O2. The second-order valence-electron chi connectivity index (χ2n) is 3.44. The first-order valence-corrected chi connectivity index (χ1v) is 5.29. The number of carbonyl (C=O) groups excluding carboxylic acids is 1. The summed E-state index contributed by atoms with van der Waals surface area (Å²) in [6.45, 7) is 2.09. The van der Waals surface area contributed by atoms with Crippen molar-refractivity contribution in [2.75, 3.05) is 12.3 Å². The number of benzene rings is 1. The van der Waals surface area contributed by atoms with E-state index in [-0.39, 0.29) is 0 Å². The minimum Gasteiger partial charge on any atom is -0.462 e. The molecule has 5 nitrogen and oxygen atoms in total. The van der Waals surface area contributed by atoms with E-state index in [2.05, 4.69) is 5.10 Å². The van der Waals surface area contributed by atoms with Crippen molar-refractivity contribution < 1.29 is 9.53 Å². The largest absolute Gasteiger partial charge is 0.462 e. The Bertz CT molecular complexity index is 521. The number of aromatic nitrogens is 2. The molecule has 1 aromatic carbocycles. The molecule has 0 fully saturated rings. The molecule has 2 N–H and O–H groups in total. The van der Waals surface area contributed by atoms with Gasteiger partial charge in [0.1, 0.15) is 0 Å². The lowest BCUT2D eigenvalue weighted by atomic mass is 10.1. The lowest BCUT2D eigenvalue weighted by Gasteiger charge is -2.07. The lowest BCUT2D eigenvalue weighted by Crippen LogP contribution is -2.08. The third kappa shape index (κ3) is 2.28. The van der Waals surface area contributed by atoms with Crippen molar-refractivity contribution in [1.82, 2.24) is 9.78 Å². The Morgan fingerprint density at radius 2 is 2.35 bits per heavy atom. The van der Waals surface area contributed by atoms with E-state index in [1.165, 1.54) is 0 Å². The molecule has 0 saturated heterocycles. The van der Waals surface area contributed by atoms with Crippen molar-refractivity contribution in [2.45, 2.75) is 6.92 Å². The zero-order valence-electron chi connectivity index (χ0n) is 9.46. The highest BCUT2D eigenvalue weighted by Gasteiger charge is 2.11. The molecule has 0 radical (unpaired) electrons. The third-order valence-corrected chi connectivity index (χ3v) is 2.30. The van der Waals surface area contributed by atoms with E-state index in [1.807, 2.05) is 6.07 Å². The van der Waals surface area contributed by atoms with Crippen LogP contribution in [-0.2, 0) is 4.74 Å². The van der Waals surface area contributed by atoms with Gasteiger partial charge in [0.05, 0.1) is 17.9 Å². The van der Waals surface area contributed by atoms with E-state index in [4.69, 9.17) is 10.5 Å². The maximum absolute atomic E-state index is 11.5. The molecule has 0 bridgehead atoms. The Balaban J connectivity index is 2.32. The smallest absolute Gasteiger partial charge is 0.340 e. The van der Waals surface area contributed by atoms with E-state index < -0.39 is 5.97 Å². The zero-order chi connectivity index (χ0) is 12.3. The molecule has 2 aromatic rings. The standard InChI is InChI=1S/C12H13N3O2/c1-2-17-12(16)10-5-4-9(8-11(10)13)15-7-3-6-14-15/h3-8H,2,13H2,1H3. The van der Waals surface area contributed by atoms with Crippen molar-refractivity contribution in [2.24, 2.45) is 0 Å². The van der Waals surface area contributed by atoms with Crippen LogP contribution in [0.1, 0.15) is 17.3 Å². The Morgan fingerprint density at radius 1 is 1.53 bits per heavy atom. The highest BCUT2D eigenvalue weighted by atomic mass is 16.5. The summed E-state index contributed by atoms with van der Waals surface area (Å²) in [5.41, 5.74) is 7.39. The Hall–Kier alpha value is -2.30. The molecule has 0 aliphatic heterocycles. The quantitative estimate of drug-likeness (QED) is 0.643. The predicted molar refractivity (Wildman–Crippen MR) is 63.9 cm³/mol. The van der Waals surface area contributed by atoms with Crippen LogP contribution in [0.15, 0.2) is 36.7 Å². The molecule has 88 valence electrons. The Labute approximate surface area is 98.8 Å². The second kappa shape index (κ2) is 4.69. The van der Waals surface area contributed by atoms with Crippen LogP contribution < -0.4 is 5.73 Å². The number of ether oxygens (including phenoxy) is 1. The predicted octanol–water partition coefficient (Wildman–Crippen LogP) is 1.63. The number of rotatable bonds is 3. The minimum absolute atomic E-state index is 0.333. The molecule has 1 heterocycles. The third-order valence-electron chi connectivity index (χ3n) is 2.30. The van der Waals surface area contributed by atoms with Crippen LogP contribution in [0.25, 0.3) is 5.69 Å². The second-order valence-corrected chi connectivity index (χ2v) is 3.44. The summed E-state index contributed by atoms with van der Waals surface area (Å²) in [5.74, 6) is -0.406. The van der Waals surface area contributed by atoms with Gasteiger partial charge in [-0.3, -0.25) is 0 Å². The number of hydrogen-bond donors (Lipinski definition) is 1. The van der Waals surface area contributed by atoms with Gasteiger partial charge >= 0.3 is 5.97 Å². The monoisotopic (exact) mass is 231 g/mol. The maximum Gasteiger partial charge on any atom is 0.340 e. The highest BCUT2D eigenvalue weighted by Crippen LogP contribution is 2.17. The van der Waals surface area contributed by atoms with Crippen molar-refractivity contribution in [3.63, 3.8) is 0 Å². The summed E-state index contributed by atoms with van der Waals surface area (Å²) >= 11 is 0. The van der Waals surface area contributed by atoms with Gasteiger partial charge in [-0.25, -0.2) is 9.48 Å². The summed E-state index contributed by atoms with van der Waals surface area (Å²) in [6.07, 6.45) is 3.48. The van der Waals surface area contributed by atoms with Crippen molar-refractivity contribution in [1.29, 1.82) is 0 Å². The number of carbonyl (C=O) groups is 1. The summed E-state index contributed by atoms with van der Waals surface area (Å²) in [6, 6.07) is 6.93. The van der Waals surface area contributed by atoms with Crippen molar-refractivity contribution >= 4 is 11.7 Å². The van der Waals surface area contributed by atoms with Crippen molar-refractivity contribution in [3.05, 3.63) is 42.2 Å². The van der Waals surface area contributed by atoms with Crippen LogP contribution in [0.5, 0.6) is 0 Å². The summed E-state index contributed by atoms with van der Waals surface area (Å²) in [4.78, 5) is 11.5. The topological polar surface area (TPSA) is 70.1 Å². The summed E-state index contributed by atoms with van der Waals surface area (Å²) in [7, 11) is 0. The van der Waals surface area contributed by atoms with Crippen LogP contribution in [0.3, 0.4) is 0 Å². The van der Waals surface area contributed by atoms with Gasteiger partial charge in [0.25, 0.3) is 0 Å². The van der Waals surface area contributed by atoms with Gasteiger partial charge in [-0.15, -0.1) is 0 Å². The van der Waals surface area contributed by atoms with Gasteiger partial charge < -0.3 is 10.5 Å². The summed E-state index contributed by atoms with van der Waals surface area (Å²) in [5, 5.41) is 4.08. The fraction of sp³-hybridized carbons (Fsp3) is 0.167. The minimum atomic E-state index is -0.406. The number of esters is 1. The normalized spacial score (nSPS) is 10.2. The first-order chi connectivity index (χ1) is 8.22. The molecule has 0 aliphatic rings. The molecule has 0 saturated carbocycles. The molecule has 0 spiro atoms. The van der Waals surface area contributed by atoms with Gasteiger partial charge in [0.2, 0.25) is 0 Å². The van der Waals surface area contributed by atoms with E-state index in [0.29, 0.717) is 17.9 Å². The van der Waals surface area contributed by atoms with Crippen LogP contribution in [-0.4, -0.2) is 22.4 Å². The van der Waals surface area contributed by atoms with E-state index >= 15 is 0 Å². The Morgan fingerprint density at radius 3 is 2.94 bits per heavy atom. The van der Waals surface area contributed by atoms with Gasteiger partial charge in [0, 0.05) is 18.1 Å². The first-order valence-electron chi connectivity index (χ1n) is 5.29. The Kier molecular flexibility index (Phi) is 3.09. The van der Waals surface area contributed by atoms with Gasteiger partial charge in [0.15, 0.2) is 0 Å². The van der Waals surface area contributed by atoms with Crippen LogP contribution in [0.4, 0.5) is 5.69 Å². The number of nitrogens with two attached hydrogens (primary N) is 1. The van der Waals surface area contributed by atoms with Gasteiger partial charge in [-0.05, 0) is 31.2 Å². The molecule has 17 heavy (non-hydrogen) atoms. The molecule has 0 amide bonds. The van der Waals surface area contributed by atoms with E-state index in [1.54, 1.807) is 42.2 Å². The molecular weight excluding hydrogens is 218 g/mol. The molecule has 5 heteroatoms. The number of nitrogens with zero attached hydrogens (tertiary/aromatic N) is 2. The average Bonchev–Trinajstić information content (AvgIpc) is 2.82. The highest BCUT2D eigenvalue weighted by molar-refractivity contribution is 5.95. The number of anilines is 1. The fourth-order valence-corrected chi connectivity index (χ4v) is 1.51. The lowest BCUT2D eigenvalue weighted by molar-refractivity contribution is 0.0527. The summed E-state index contributed by atoms with van der Waals surface area (Å²) < 4.78 is 6.57. The van der Waals surface area contributed by atoms with E-state index in [0.717, 1.165) is 5.69 Å². The molecule has 0 atom stereocenters. The molecule has 1 aromatic heterocycles. The van der Waals surface area contributed by atoms with Crippen molar-refractivity contribution in [3.8, 4) is 5.69 Å². The number of hydrogen-bond acceptors (Lipinski definition) is 4. The molecule has 2 rings (SSSR count). The molecule has 0 unspecified atom stereocenters. The fourth-order valence-electron chi connectivity index (χ4n) is 1.51. The maximum atomic E-state index is 11.5. The first kappa shape index (κ1) is 11.2. The number of nitrogen functional groups attached to an aromatic ring is 1. The zero-order valence-corrected chi connectivity index (χ0v) is 9.46. The van der Waals surface area contributed by atoms with Crippen LogP contribution in [0, 0.1) is 0 Å². The molecule has 0 aliphatic carbocycles. The van der Waals surface area contributed by atoms with Crippen LogP contribution in [0.2, 0.25) is 0 Å². The van der Waals surface area contributed by atoms with Gasteiger partial charge in [-0.2, -0.15) is 5.10 Å². The average molecular weight is 231 g/mol.